The molecular formula is C26H28N4O4. The standard InChI is InChI=1S/C26H28N4O4/c1-26(2)13-19-22(20(31)14-26)23(18-10-9-17(33-4)12-21(18)34-5)30-25(27-19)28-24(29-30)15-7-6-8-16(11-15)32-3/h6-12,23H,13-14H2,1-5H3,(H,27,28,29). The van der Waals surface area contributed by atoms with Gasteiger partial charge in [0, 0.05) is 34.9 Å². The number of fused-ring (bicyclic) bond motifs is 1. The molecule has 3 aromatic rings. The zero-order chi connectivity index (χ0) is 24.0. The molecule has 0 radical (unpaired) electrons. The first-order valence-electron chi connectivity index (χ1n) is 11.2. The van der Waals surface area contributed by atoms with Gasteiger partial charge in [0.05, 0.1) is 21.3 Å². The predicted molar refractivity (Wildman–Crippen MR) is 128 cm³/mol. The van der Waals surface area contributed by atoms with E-state index in [0.717, 1.165) is 29.0 Å². The molecule has 1 aliphatic heterocycles. The van der Waals surface area contributed by atoms with Gasteiger partial charge in [0.15, 0.2) is 11.6 Å². The first kappa shape index (κ1) is 22.0. The van der Waals surface area contributed by atoms with Gasteiger partial charge in [-0.1, -0.05) is 26.0 Å². The number of ketones is 1. The molecule has 1 aromatic heterocycles. The molecular weight excluding hydrogens is 432 g/mol. The molecule has 2 heterocycles. The van der Waals surface area contributed by atoms with Gasteiger partial charge >= 0.3 is 0 Å². The minimum atomic E-state index is -0.470. The van der Waals surface area contributed by atoms with Crippen molar-refractivity contribution >= 4 is 11.7 Å². The molecule has 8 nitrogen and oxygen atoms in total. The third kappa shape index (κ3) is 3.69. The third-order valence-electron chi connectivity index (χ3n) is 6.40. The maximum atomic E-state index is 13.5. The number of Topliss-reactive ketones (excluding diaryl/α,β-unsaturated/α-hetero) is 1. The number of ether oxygens (including phenoxy) is 3. The molecule has 0 saturated carbocycles. The summed E-state index contributed by atoms with van der Waals surface area (Å²) in [5.74, 6) is 3.26. The van der Waals surface area contributed by atoms with E-state index in [1.807, 2.05) is 42.5 Å². The Morgan fingerprint density at radius 3 is 2.50 bits per heavy atom. The number of hydrogen-bond acceptors (Lipinski definition) is 7. The summed E-state index contributed by atoms with van der Waals surface area (Å²) >= 11 is 0. The fourth-order valence-corrected chi connectivity index (χ4v) is 4.83. The number of nitrogens with zero attached hydrogens (tertiary/aromatic N) is 3. The van der Waals surface area contributed by atoms with Gasteiger partial charge in [0.2, 0.25) is 5.95 Å². The van der Waals surface area contributed by atoms with Crippen molar-refractivity contribution in [3.63, 3.8) is 0 Å². The Bertz CT molecular complexity index is 1310. The highest BCUT2D eigenvalue weighted by Crippen LogP contribution is 2.47. The van der Waals surface area contributed by atoms with Crippen molar-refractivity contribution in [2.24, 2.45) is 5.41 Å². The minimum absolute atomic E-state index is 0.103. The van der Waals surface area contributed by atoms with Gasteiger partial charge in [-0.3, -0.25) is 4.79 Å². The molecule has 2 aromatic carbocycles. The first-order chi connectivity index (χ1) is 16.3. The lowest BCUT2D eigenvalue weighted by molar-refractivity contribution is -0.118. The summed E-state index contributed by atoms with van der Waals surface area (Å²) in [6.07, 6.45) is 1.21. The first-order valence-corrected chi connectivity index (χ1v) is 11.2. The van der Waals surface area contributed by atoms with Crippen LogP contribution in [0.4, 0.5) is 5.95 Å². The third-order valence-corrected chi connectivity index (χ3v) is 6.40. The number of allylic oxidation sites excluding steroid dienone is 2. The lowest BCUT2D eigenvalue weighted by Gasteiger charge is -2.38. The molecule has 0 spiro atoms. The Hall–Kier alpha value is -3.81. The second kappa shape index (κ2) is 8.20. The minimum Gasteiger partial charge on any atom is -0.497 e. The molecule has 176 valence electrons. The monoisotopic (exact) mass is 460 g/mol. The van der Waals surface area contributed by atoms with Gasteiger partial charge in [-0.25, -0.2) is 4.68 Å². The molecule has 0 bridgehead atoms. The van der Waals surface area contributed by atoms with E-state index in [-0.39, 0.29) is 11.2 Å². The van der Waals surface area contributed by atoms with Crippen LogP contribution in [0.5, 0.6) is 17.2 Å². The van der Waals surface area contributed by atoms with Gasteiger partial charge in [-0.2, -0.15) is 4.98 Å². The van der Waals surface area contributed by atoms with Crippen molar-refractivity contribution in [1.29, 1.82) is 0 Å². The summed E-state index contributed by atoms with van der Waals surface area (Å²) in [7, 11) is 4.86. The van der Waals surface area contributed by atoms with Crippen LogP contribution in [-0.2, 0) is 4.79 Å². The van der Waals surface area contributed by atoms with Crippen LogP contribution in [0.25, 0.3) is 11.4 Å². The van der Waals surface area contributed by atoms with Crippen LogP contribution in [0, 0.1) is 5.41 Å². The number of nitrogens with one attached hydrogen (secondary N) is 1. The molecule has 5 rings (SSSR count). The number of rotatable bonds is 5. The SMILES string of the molecule is COc1cccc(-c2nc3n(n2)C(c2ccc(OC)cc2OC)C2=C(CC(C)(C)CC2=O)N3)c1. The van der Waals surface area contributed by atoms with E-state index < -0.39 is 6.04 Å². The maximum absolute atomic E-state index is 13.5. The predicted octanol–water partition coefficient (Wildman–Crippen LogP) is 4.63. The summed E-state index contributed by atoms with van der Waals surface area (Å²) in [4.78, 5) is 18.3. The second-order valence-electron chi connectivity index (χ2n) is 9.40. The maximum Gasteiger partial charge on any atom is 0.226 e. The fourth-order valence-electron chi connectivity index (χ4n) is 4.83. The number of anilines is 1. The summed E-state index contributed by atoms with van der Waals surface area (Å²) < 4.78 is 18.3. The van der Waals surface area contributed by atoms with Crippen molar-refractivity contribution in [2.75, 3.05) is 26.6 Å². The molecule has 1 aliphatic carbocycles. The molecule has 1 atom stereocenters. The van der Waals surface area contributed by atoms with Crippen molar-refractivity contribution in [3.05, 3.63) is 59.3 Å². The Kier molecular flexibility index (Phi) is 5.31. The summed E-state index contributed by atoms with van der Waals surface area (Å²) in [5.41, 5.74) is 3.11. The Balaban J connectivity index is 1.70. The lowest BCUT2D eigenvalue weighted by atomic mass is 9.73. The van der Waals surface area contributed by atoms with E-state index >= 15 is 0 Å². The highest BCUT2D eigenvalue weighted by Gasteiger charge is 2.42. The summed E-state index contributed by atoms with van der Waals surface area (Å²) in [5, 5.41) is 8.26. The van der Waals surface area contributed by atoms with Gasteiger partial charge in [0.1, 0.15) is 23.3 Å². The Labute approximate surface area is 198 Å². The highest BCUT2D eigenvalue weighted by molar-refractivity contribution is 6.00. The molecule has 8 heteroatoms. The van der Waals surface area contributed by atoms with Crippen molar-refractivity contribution in [2.45, 2.75) is 32.7 Å². The van der Waals surface area contributed by atoms with Gasteiger partial charge in [0.25, 0.3) is 0 Å². The van der Waals surface area contributed by atoms with Crippen LogP contribution in [-0.4, -0.2) is 41.9 Å². The molecule has 0 fully saturated rings. The second-order valence-corrected chi connectivity index (χ2v) is 9.40. The van der Waals surface area contributed by atoms with Crippen molar-refractivity contribution in [1.82, 2.24) is 14.8 Å². The topological polar surface area (TPSA) is 87.5 Å². The Morgan fingerprint density at radius 2 is 1.76 bits per heavy atom. The van der Waals surface area contributed by atoms with E-state index in [4.69, 9.17) is 24.3 Å². The number of carbonyl (C=O) groups excluding carboxylic acids is 1. The number of hydrogen-bond donors (Lipinski definition) is 1. The van der Waals surface area contributed by atoms with E-state index in [1.54, 1.807) is 26.0 Å². The number of benzene rings is 2. The molecule has 2 aliphatic rings. The van der Waals surface area contributed by atoms with Gasteiger partial charge in [-0.05, 0) is 36.1 Å². The molecule has 1 N–H and O–H groups in total. The van der Waals surface area contributed by atoms with Gasteiger partial charge in [-0.15, -0.1) is 5.10 Å². The molecule has 1 unspecified atom stereocenters. The van der Waals surface area contributed by atoms with Crippen LogP contribution >= 0.6 is 0 Å². The summed E-state index contributed by atoms with van der Waals surface area (Å²) in [6.45, 7) is 4.22. The number of aromatic nitrogens is 3. The Morgan fingerprint density at radius 1 is 1.00 bits per heavy atom. The van der Waals surface area contributed by atoms with Crippen molar-refractivity contribution in [3.8, 4) is 28.6 Å². The summed E-state index contributed by atoms with van der Waals surface area (Å²) in [6, 6.07) is 12.8. The van der Waals surface area contributed by atoms with Crippen LogP contribution in [0.3, 0.4) is 0 Å². The average Bonchev–Trinajstić information content (AvgIpc) is 3.25. The quantitative estimate of drug-likeness (QED) is 0.594. The molecule has 0 amide bonds. The number of methoxy groups -OCH3 is 3. The number of carbonyl (C=O) groups is 1. The van der Waals surface area contributed by atoms with Crippen LogP contribution in [0.2, 0.25) is 0 Å². The van der Waals surface area contributed by atoms with E-state index in [1.165, 1.54) is 0 Å². The van der Waals surface area contributed by atoms with Crippen LogP contribution in [0.15, 0.2) is 53.7 Å². The fraction of sp³-hybridized carbons (Fsp3) is 0.346. The highest BCUT2D eigenvalue weighted by atomic mass is 16.5. The normalized spacial score (nSPS) is 18.6. The van der Waals surface area contributed by atoms with Crippen LogP contribution < -0.4 is 19.5 Å². The van der Waals surface area contributed by atoms with Gasteiger partial charge < -0.3 is 19.5 Å². The largest absolute Gasteiger partial charge is 0.497 e. The van der Waals surface area contributed by atoms with Crippen LogP contribution in [0.1, 0.15) is 38.3 Å². The van der Waals surface area contributed by atoms with E-state index in [9.17, 15) is 4.79 Å². The van der Waals surface area contributed by atoms with E-state index in [0.29, 0.717) is 35.3 Å². The smallest absolute Gasteiger partial charge is 0.226 e. The van der Waals surface area contributed by atoms with Crippen molar-refractivity contribution < 1.29 is 19.0 Å². The lowest BCUT2D eigenvalue weighted by Crippen LogP contribution is -2.36. The zero-order valence-electron chi connectivity index (χ0n) is 20.0. The van der Waals surface area contributed by atoms with E-state index in [2.05, 4.69) is 19.2 Å². The molecule has 0 saturated heterocycles. The molecule has 34 heavy (non-hydrogen) atoms. The average molecular weight is 461 g/mol. The zero-order valence-corrected chi connectivity index (χ0v) is 20.0.